The van der Waals surface area contributed by atoms with Crippen molar-refractivity contribution in [2.24, 2.45) is 0 Å². The molecule has 1 aromatic heterocycles. The zero-order valence-electron chi connectivity index (χ0n) is 10.3. The van der Waals surface area contributed by atoms with E-state index in [1.54, 1.807) is 11.1 Å². The molecule has 2 heterocycles. The number of thioether (sulfide) groups is 1. The first-order valence-electron chi connectivity index (χ1n) is 5.66. The van der Waals surface area contributed by atoms with E-state index in [2.05, 4.69) is 10.2 Å². The van der Waals surface area contributed by atoms with Gasteiger partial charge in [0.25, 0.3) is 5.24 Å². The summed E-state index contributed by atoms with van der Waals surface area (Å²) in [5, 5.41) is 2.15. The van der Waals surface area contributed by atoms with Crippen molar-refractivity contribution in [2.75, 3.05) is 26.0 Å². The van der Waals surface area contributed by atoms with Crippen LogP contribution < -0.4 is 5.43 Å². The molecule has 0 saturated carbocycles. The van der Waals surface area contributed by atoms with Crippen molar-refractivity contribution in [1.29, 1.82) is 0 Å². The summed E-state index contributed by atoms with van der Waals surface area (Å²) < 4.78 is 4.65. The summed E-state index contributed by atoms with van der Waals surface area (Å²) in [5.41, 5.74) is 3.03. The molecule has 1 aromatic rings. The van der Waals surface area contributed by atoms with E-state index >= 15 is 0 Å². The topological polar surface area (TPSA) is 58.6 Å². The van der Waals surface area contributed by atoms with Gasteiger partial charge in [-0.05, 0) is 6.07 Å². The van der Waals surface area contributed by atoms with Gasteiger partial charge in [0.1, 0.15) is 4.88 Å². The van der Waals surface area contributed by atoms with Crippen molar-refractivity contribution >= 4 is 45.9 Å². The molecule has 19 heavy (non-hydrogen) atoms. The molecule has 1 amide bonds. The van der Waals surface area contributed by atoms with Crippen LogP contribution in [0.1, 0.15) is 14.5 Å². The lowest BCUT2D eigenvalue weighted by Crippen LogP contribution is -2.46. The monoisotopic (exact) mass is 320 g/mol. The first-order valence-corrected chi connectivity index (χ1v) is 7.84. The molecule has 5 nitrogen and oxygen atoms in total. The van der Waals surface area contributed by atoms with Gasteiger partial charge in [-0.25, -0.2) is 10.2 Å². The zero-order valence-corrected chi connectivity index (χ0v) is 12.7. The molecule has 0 unspecified atom stereocenters. The number of hydrazine groups is 1. The number of nitrogens with one attached hydrogen (secondary N) is 1. The van der Waals surface area contributed by atoms with Gasteiger partial charge in [-0.2, -0.15) is 0 Å². The minimum Gasteiger partial charge on any atom is -0.465 e. The first-order chi connectivity index (χ1) is 9.11. The van der Waals surface area contributed by atoms with E-state index in [4.69, 9.17) is 11.6 Å². The summed E-state index contributed by atoms with van der Waals surface area (Å²) in [6.45, 7) is 1.31. The maximum Gasteiger partial charge on any atom is 0.348 e. The molecule has 1 aliphatic heterocycles. The standard InChI is InChI=1S/C11H13ClN2O3S2/c1-17-10(15)9-6-7(12)8(19-9)2-4-14-11(16)18-5-3-13-14/h6,13H,2-5H2,1H3. The van der Waals surface area contributed by atoms with Crippen molar-refractivity contribution in [3.05, 3.63) is 20.8 Å². The molecular weight excluding hydrogens is 308 g/mol. The number of nitrogens with zero attached hydrogens (tertiary/aromatic N) is 1. The third kappa shape index (κ3) is 3.62. The van der Waals surface area contributed by atoms with Crippen LogP contribution in [0.3, 0.4) is 0 Å². The van der Waals surface area contributed by atoms with Crippen LogP contribution in [0.2, 0.25) is 5.02 Å². The summed E-state index contributed by atoms with van der Waals surface area (Å²) in [7, 11) is 1.34. The summed E-state index contributed by atoms with van der Waals surface area (Å²) in [4.78, 5) is 24.3. The van der Waals surface area contributed by atoms with Crippen molar-refractivity contribution in [3.63, 3.8) is 0 Å². The quantitative estimate of drug-likeness (QED) is 0.863. The van der Waals surface area contributed by atoms with Crippen molar-refractivity contribution in [3.8, 4) is 0 Å². The summed E-state index contributed by atoms with van der Waals surface area (Å²) >= 11 is 8.68. The number of halogens is 1. The number of hydrogen-bond donors (Lipinski definition) is 1. The highest BCUT2D eigenvalue weighted by atomic mass is 35.5. The zero-order chi connectivity index (χ0) is 13.8. The van der Waals surface area contributed by atoms with Gasteiger partial charge in [-0.3, -0.25) is 9.80 Å². The largest absolute Gasteiger partial charge is 0.465 e. The van der Waals surface area contributed by atoms with Gasteiger partial charge in [0.2, 0.25) is 0 Å². The smallest absolute Gasteiger partial charge is 0.348 e. The molecule has 1 aliphatic rings. The Morgan fingerprint density at radius 1 is 1.63 bits per heavy atom. The predicted molar refractivity (Wildman–Crippen MR) is 76.9 cm³/mol. The molecule has 2 rings (SSSR count). The van der Waals surface area contributed by atoms with Gasteiger partial charge in [0.15, 0.2) is 0 Å². The summed E-state index contributed by atoms with van der Waals surface area (Å²) in [6.07, 6.45) is 0.611. The van der Waals surface area contributed by atoms with E-state index < -0.39 is 0 Å². The first kappa shape index (κ1) is 14.6. The third-order valence-electron chi connectivity index (χ3n) is 2.56. The van der Waals surface area contributed by atoms with Gasteiger partial charge in [-0.15, -0.1) is 11.3 Å². The highest BCUT2D eigenvalue weighted by Gasteiger charge is 2.20. The van der Waals surface area contributed by atoms with E-state index in [1.165, 1.54) is 30.2 Å². The van der Waals surface area contributed by atoms with Crippen LogP contribution in [0.4, 0.5) is 4.79 Å². The molecular formula is C11H13ClN2O3S2. The Hall–Kier alpha value is -0.760. The molecule has 0 aromatic carbocycles. The molecule has 0 aliphatic carbocycles. The lowest BCUT2D eigenvalue weighted by Gasteiger charge is -2.26. The lowest BCUT2D eigenvalue weighted by molar-refractivity contribution is 0.0606. The van der Waals surface area contributed by atoms with Crippen molar-refractivity contribution in [1.82, 2.24) is 10.4 Å². The second kappa shape index (κ2) is 6.60. The molecule has 1 saturated heterocycles. The molecule has 1 fully saturated rings. The fraction of sp³-hybridized carbons (Fsp3) is 0.455. The number of esters is 1. The van der Waals surface area contributed by atoms with E-state index in [9.17, 15) is 9.59 Å². The Labute approximate surface area is 124 Å². The van der Waals surface area contributed by atoms with E-state index in [0.29, 0.717) is 22.9 Å². The fourth-order valence-electron chi connectivity index (χ4n) is 1.62. The van der Waals surface area contributed by atoms with Crippen LogP contribution in [-0.4, -0.2) is 42.2 Å². The van der Waals surface area contributed by atoms with E-state index in [-0.39, 0.29) is 11.2 Å². The van der Waals surface area contributed by atoms with Gasteiger partial charge in [0, 0.05) is 30.1 Å². The summed E-state index contributed by atoms with van der Waals surface area (Å²) in [5.74, 6) is 0.405. The number of carbonyl (C=O) groups excluding carboxylic acids is 2. The SMILES string of the molecule is COC(=O)c1cc(Cl)c(CCN2NCCSC2=O)s1. The van der Waals surface area contributed by atoms with E-state index in [1.807, 2.05) is 0 Å². The maximum absolute atomic E-state index is 11.6. The number of rotatable bonds is 4. The van der Waals surface area contributed by atoms with Gasteiger partial charge < -0.3 is 4.74 Å². The van der Waals surface area contributed by atoms with Crippen LogP contribution in [0.5, 0.6) is 0 Å². The predicted octanol–water partition coefficient (Wildman–Crippen LogP) is 2.40. The maximum atomic E-state index is 11.6. The number of hydrogen-bond acceptors (Lipinski definition) is 6. The molecule has 0 spiro atoms. The molecule has 0 bridgehead atoms. The number of carbonyl (C=O) groups is 2. The fourth-order valence-corrected chi connectivity index (χ4v) is 3.65. The molecule has 104 valence electrons. The van der Waals surface area contributed by atoms with Crippen LogP contribution in [0.15, 0.2) is 6.07 Å². The highest BCUT2D eigenvalue weighted by Crippen LogP contribution is 2.28. The Morgan fingerprint density at radius 3 is 3.11 bits per heavy atom. The average Bonchev–Trinajstić information content (AvgIpc) is 2.78. The van der Waals surface area contributed by atoms with Crippen LogP contribution >= 0.6 is 34.7 Å². The average molecular weight is 321 g/mol. The Bertz CT molecular complexity index is 492. The Kier molecular flexibility index (Phi) is 5.09. The molecule has 1 N–H and O–H groups in total. The lowest BCUT2D eigenvalue weighted by atomic mass is 10.3. The van der Waals surface area contributed by atoms with E-state index in [0.717, 1.165) is 17.2 Å². The van der Waals surface area contributed by atoms with Crippen molar-refractivity contribution < 1.29 is 14.3 Å². The van der Waals surface area contributed by atoms with Gasteiger partial charge in [0.05, 0.1) is 12.1 Å². The number of thiophene rings is 1. The second-order valence-corrected chi connectivity index (χ2v) is 6.39. The minimum absolute atomic E-state index is 0.0205. The number of amides is 1. The Balaban J connectivity index is 1.97. The van der Waals surface area contributed by atoms with Crippen molar-refractivity contribution in [2.45, 2.75) is 6.42 Å². The molecule has 0 atom stereocenters. The Morgan fingerprint density at radius 2 is 2.42 bits per heavy atom. The third-order valence-corrected chi connectivity index (χ3v) is 5.06. The number of ether oxygens (including phenoxy) is 1. The summed E-state index contributed by atoms with van der Waals surface area (Å²) in [6, 6.07) is 1.60. The molecule has 0 radical (unpaired) electrons. The van der Waals surface area contributed by atoms with Crippen LogP contribution in [0, 0.1) is 0 Å². The van der Waals surface area contributed by atoms with Crippen LogP contribution in [-0.2, 0) is 11.2 Å². The van der Waals surface area contributed by atoms with Crippen LogP contribution in [0.25, 0.3) is 0 Å². The minimum atomic E-state index is -0.388. The molecule has 8 heteroatoms. The second-order valence-electron chi connectivity index (χ2n) is 3.80. The number of methoxy groups -OCH3 is 1. The van der Waals surface area contributed by atoms with Gasteiger partial charge >= 0.3 is 5.97 Å². The van der Waals surface area contributed by atoms with Gasteiger partial charge in [-0.1, -0.05) is 23.4 Å². The normalized spacial score (nSPS) is 15.7. The highest BCUT2D eigenvalue weighted by molar-refractivity contribution is 8.13.